The topological polar surface area (TPSA) is 61.8 Å². The van der Waals surface area contributed by atoms with Crippen LogP contribution in [0.1, 0.15) is 23.7 Å². The Morgan fingerprint density at radius 2 is 2.10 bits per heavy atom. The summed E-state index contributed by atoms with van der Waals surface area (Å²) in [5.74, 6) is -0.700. The molecule has 2 atom stereocenters. The average Bonchev–Trinajstić information content (AvgIpc) is 2.45. The minimum Gasteiger partial charge on any atom is -0.458 e. The lowest BCUT2D eigenvalue weighted by Gasteiger charge is -2.28. The number of benzene rings is 1. The van der Waals surface area contributed by atoms with Crippen molar-refractivity contribution in [2.24, 2.45) is 0 Å². The van der Waals surface area contributed by atoms with Crippen LogP contribution >= 0.6 is 11.8 Å². The molecule has 1 aliphatic heterocycles. The quantitative estimate of drug-likeness (QED) is 0.794. The Morgan fingerprint density at radius 1 is 1.35 bits per heavy atom. The van der Waals surface area contributed by atoms with Crippen molar-refractivity contribution in [1.29, 1.82) is 0 Å². The third-order valence-electron chi connectivity index (χ3n) is 2.62. The summed E-state index contributed by atoms with van der Waals surface area (Å²) in [5.41, 5.74) is -0.0349. The molecule has 1 heterocycles. The Hall–Kier alpha value is -1.53. The Kier molecular flexibility index (Phi) is 5.43. The summed E-state index contributed by atoms with van der Waals surface area (Å²) < 4.78 is 15.8. The van der Waals surface area contributed by atoms with Gasteiger partial charge in [-0.15, -0.1) is 0 Å². The van der Waals surface area contributed by atoms with Gasteiger partial charge in [0.1, 0.15) is 12.0 Å². The van der Waals surface area contributed by atoms with Crippen molar-refractivity contribution < 1.29 is 23.8 Å². The molecule has 108 valence electrons. The number of carbonyl (C=O) groups is 2. The Balaban J connectivity index is 1.79. The number of thioether (sulfide) groups is 1. The fraction of sp³-hybridized carbons (Fsp3) is 0.429. The van der Waals surface area contributed by atoms with Crippen molar-refractivity contribution >= 4 is 23.7 Å². The van der Waals surface area contributed by atoms with Gasteiger partial charge < -0.3 is 14.2 Å². The second-order valence-electron chi connectivity index (χ2n) is 4.23. The van der Waals surface area contributed by atoms with Crippen LogP contribution in [0.25, 0.3) is 0 Å². The van der Waals surface area contributed by atoms with Crippen molar-refractivity contribution in [3.05, 3.63) is 35.9 Å². The lowest BCUT2D eigenvalue weighted by Crippen LogP contribution is -2.30. The molecule has 0 aliphatic carbocycles. The summed E-state index contributed by atoms with van der Waals surface area (Å²) in [6.07, 6.45) is 0.646. The molecule has 6 heteroatoms. The van der Waals surface area contributed by atoms with E-state index in [0.29, 0.717) is 18.6 Å². The highest BCUT2D eigenvalue weighted by Crippen LogP contribution is 2.28. The Bertz CT molecular complexity index is 462. The van der Waals surface area contributed by atoms with Crippen LogP contribution < -0.4 is 0 Å². The van der Waals surface area contributed by atoms with Crippen molar-refractivity contribution in [1.82, 2.24) is 0 Å². The first-order chi connectivity index (χ1) is 9.65. The molecule has 0 aromatic heterocycles. The summed E-state index contributed by atoms with van der Waals surface area (Å²) in [6, 6.07) is 8.77. The zero-order chi connectivity index (χ0) is 14.4. The highest BCUT2D eigenvalue weighted by atomic mass is 32.2. The van der Waals surface area contributed by atoms with Gasteiger partial charge in [0.25, 0.3) is 0 Å². The number of ether oxygens (including phenoxy) is 3. The van der Waals surface area contributed by atoms with Gasteiger partial charge in [-0.2, -0.15) is 0 Å². The smallest absolute Gasteiger partial charge is 0.338 e. The number of hydrogen-bond acceptors (Lipinski definition) is 6. The maximum atomic E-state index is 11.8. The maximum absolute atomic E-state index is 11.8. The predicted molar refractivity (Wildman–Crippen MR) is 74.2 cm³/mol. The van der Waals surface area contributed by atoms with E-state index in [1.165, 1.54) is 18.7 Å². The molecule has 5 nitrogen and oxygen atoms in total. The monoisotopic (exact) mass is 296 g/mol. The van der Waals surface area contributed by atoms with E-state index in [0.717, 1.165) is 0 Å². The maximum Gasteiger partial charge on any atom is 0.338 e. The third-order valence-corrected chi connectivity index (χ3v) is 3.83. The van der Waals surface area contributed by atoms with Crippen LogP contribution in [0.3, 0.4) is 0 Å². The van der Waals surface area contributed by atoms with Crippen LogP contribution in [0.5, 0.6) is 0 Å². The second-order valence-corrected chi connectivity index (χ2v) is 5.55. The SMILES string of the molecule is CC(=O)OC1CCOC(COC(=O)c2ccccc2)S1. The molecule has 0 N–H and O–H groups in total. The molecule has 2 rings (SSSR count). The summed E-state index contributed by atoms with van der Waals surface area (Å²) in [5, 5.41) is 0. The molecule has 1 aromatic rings. The second kappa shape index (κ2) is 7.31. The zero-order valence-electron chi connectivity index (χ0n) is 11.1. The first kappa shape index (κ1) is 14.9. The molecule has 2 unspecified atom stereocenters. The predicted octanol–water partition coefficient (Wildman–Crippen LogP) is 2.21. The summed E-state index contributed by atoms with van der Waals surface area (Å²) in [7, 11) is 0. The molecular weight excluding hydrogens is 280 g/mol. The van der Waals surface area contributed by atoms with Gasteiger partial charge in [0.05, 0.1) is 12.2 Å². The minimum atomic E-state index is -0.385. The van der Waals surface area contributed by atoms with Gasteiger partial charge in [-0.05, 0) is 12.1 Å². The normalized spacial score (nSPS) is 22.1. The molecule has 0 radical (unpaired) electrons. The molecule has 0 bridgehead atoms. The van der Waals surface area contributed by atoms with E-state index in [4.69, 9.17) is 14.2 Å². The molecule has 1 aliphatic rings. The van der Waals surface area contributed by atoms with Crippen LogP contribution in [-0.2, 0) is 19.0 Å². The van der Waals surface area contributed by atoms with Crippen molar-refractivity contribution in [3.8, 4) is 0 Å². The minimum absolute atomic E-state index is 0.135. The highest BCUT2D eigenvalue weighted by molar-refractivity contribution is 8.00. The summed E-state index contributed by atoms with van der Waals surface area (Å²) in [4.78, 5) is 22.7. The van der Waals surface area contributed by atoms with Gasteiger partial charge >= 0.3 is 11.9 Å². The molecule has 20 heavy (non-hydrogen) atoms. The van der Waals surface area contributed by atoms with Gasteiger partial charge in [-0.25, -0.2) is 4.79 Å². The van der Waals surface area contributed by atoms with E-state index in [1.54, 1.807) is 24.3 Å². The van der Waals surface area contributed by atoms with Crippen LogP contribution in [0, 0.1) is 0 Å². The van der Waals surface area contributed by atoms with Crippen LogP contribution in [-0.4, -0.2) is 36.0 Å². The van der Waals surface area contributed by atoms with E-state index in [9.17, 15) is 9.59 Å². The highest BCUT2D eigenvalue weighted by Gasteiger charge is 2.26. The molecule has 1 fully saturated rings. The first-order valence-corrected chi connectivity index (χ1v) is 7.26. The van der Waals surface area contributed by atoms with E-state index in [2.05, 4.69) is 0 Å². The largest absolute Gasteiger partial charge is 0.458 e. The molecule has 0 spiro atoms. The molecule has 1 aromatic carbocycles. The van der Waals surface area contributed by atoms with E-state index in [-0.39, 0.29) is 29.4 Å². The van der Waals surface area contributed by atoms with Crippen molar-refractivity contribution in [3.63, 3.8) is 0 Å². The molecular formula is C14H16O5S. The Labute approximate surface area is 121 Å². The van der Waals surface area contributed by atoms with Gasteiger partial charge in [0.2, 0.25) is 0 Å². The van der Waals surface area contributed by atoms with Crippen molar-refractivity contribution in [2.45, 2.75) is 24.2 Å². The summed E-state index contributed by atoms with van der Waals surface area (Å²) >= 11 is 1.35. The number of esters is 2. The molecule has 0 saturated carbocycles. The standard InChI is InChI=1S/C14H16O5S/c1-10(15)19-12-7-8-17-13(20-12)9-18-14(16)11-5-3-2-4-6-11/h2-6,12-13H,7-9H2,1H3. The average molecular weight is 296 g/mol. The van der Waals surface area contributed by atoms with Crippen LogP contribution in [0.4, 0.5) is 0 Å². The summed E-state index contributed by atoms with van der Waals surface area (Å²) in [6.45, 7) is 2.00. The lowest BCUT2D eigenvalue weighted by molar-refractivity contribution is -0.143. The number of carbonyl (C=O) groups excluding carboxylic acids is 2. The number of hydrogen-bond donors (Lipinski definition) is 0. The Morgan fingerprint density at radius 3 is 2.80 bits per heavy atom. The van der Waals surface area contributed by atoms with Crippen molar-refractivity contribution in [2.75, 3.05) is 13.2 Å². The third kappa shape index (κ3) is 4.54. The lowest BCUT2D eigenvalue weighted by atomic mass is 10.2. The molecule has 0 amide bonds. The fourth-order valence-electron chi connectivity index (χ4n) is 1.73. The van der Waals surface area contributed by atoms with E-state index < -0.39 is 0 Å². The first-order valence-electron chi connectivity index (χ1n) is 6.31. The zero-order valence-corrected chi connectivity index (χ0v) is 11.9. The van der Waals surface area contributed by atoms with Crippen LogP contribution in [0.15, 0.2) is 30.3 Å². The van der Waals surface area contributed by atoms with E-state index in [1.807, 2.05) is 6.07 Å². The van der Waals surface area contributed by atoms with Gasteiger partial charge in [-0.3, -0.25) is 4.79 Å². The fourth-order valence-corrected chi connectivity index (χ4v) is 2.82. The number of rotatable bonds is 4. The van der Waals surface area contributed by atoms with Gasteiger partial charge in [-0.1, -0.05) is 30.0 Å². The van der Waals surface area contributed by atoms with Crippen LogP contribution in [0.2, 0.25) is 0 Å². The van der Waals surface area contributed by atoms with Gasteiger partial charge in [0, 0.05) is 13.3 Å². The molecule has 1 saturated heterocycles. The van der Waals surface area contributed by atoms with E-state index >= 15 is 0 Å². The van der Waals surface area contributed by atoms with Gasteiger partial charge in [0.15, 0.2) is 5.44 Å².